The SMILES string of the molecule is Cc1nc(NC(C)c2cccc(-n3ccnn3)c2)cc(-c2ccc3cc[nH]c3c2)n1. The number of benzene rings is 2. The topological polar surface area (TPSA) is 84.3 Å². The van der Waals surface area contributed by atoms with Gasteiger partial charge in [-0.1, -0.05) is 29.5 Å². The zero-order valence-corrected chi connectivity index (χ0v) is 16.7. The van der Waals surface area contributed by atoms with E-state index in [0.29, 0.717) is 0 Å². The lowest BCUT2D eigenvalue weighted by Crippen LogP contribution is -2.10. The van der Waals surface area contributed by atoms with Gasteiger partial charge in [0.2, 0.25) is 0 Å². The molecule has 30 heavy (non-hydrogen) atoms. The van der Waals surface area contributed by atoms with Gasteiger partial charge in [-0.05, 0) is 49.1 Å². The van der Waals surface area contributed by atoms with Gasteiger partial charge >= 0.3 is 0 Å². The van der Waals surface area contributed by atoms with E-state index in [0.717, 1.165) is 39.7 Å². The van der Waals surface area contributed by atoms with Gasteiger partial charge in [0, 0.05) is 23.3 Å². The largest absolute Gasteiger partial charge is 0.363 e. The average molecular weight is 395 g/mol. The maximum atomic E-state index is 4.64. The molecule has 0 radical (unpaired) electrons. The van der Waals surface area contributed by atoms with E-state index >= 15 is 0 Å². The molecule has 0 aliphatic rings. The summed E-state index contributed by atoms with van der Waals surface area (Å²) in [4.78, 5) is 12.5. The lowest BCUT2D eigenvalue weighted by Gasteiger charge is -2.17. The monoisotopic (exact) mass is 395 g/mol. The van der Waals surface area contributed by atoms with Crippen molar-refractivity contribution >= 4 is 16.7 Å². The minimum absolute atomic E-state index is 0.0570. The number of aryl methyl sites for hydroxylation is 1. The van der Waals surface area contributed by atoms with Gasteiger partial charge in [0.1, 0.15) is 11.6 Å². The molecule has 1 unspecified atom stereocenters. The highest BCUT2D eigenvalue weighted by Gasteiger charge is 2.11. The van der Waals surface area contributed by atoms with E-state index in [1.165, 1.54) is 5.39 Å². The van der Waals surface area contributed by atoms with E-state index < -0.39 is 0 Å². The Morgan fingerprint density at radius 3 is 2.83 bits per heavy atom. The summed E-state index contributed by atoms with van der Waals surface area (Å²) < 4.78 is 1.75. The van der Waals surface area contributed by atoms with Crippen molar-refractivity contribution < 1.29 is 0 Å². The first-order valence-corrected chi connectivity index (χ1v) is 9.82. The molecule has 0 aliphatic carbocycles. The molecule has 3 aromatic heterocycles. The van der Waals surface area contributed by atoms with Crippen LogP contribution in [0.2, 0.25) is 0 Å². The molecule has 0 saturated carbocycles. The van der Waals surface area contributed by atoms with E-state index in [9.17, 15) is 0 Å². The van der Waals surface area contributed by atoms with E-state index in [1.807, 2.05) is 37.5 Å². The molecule has 1 atom stereocenters. The molecule has 5 rings (SSSR count). The first kappa shape index (κ1) is 18.1. The van der Waals surface area contributed by atoms with Crippen LogP contribution in [-0.4, -0.2) is 29.9 Å². The number of hydrogen-bond acceptors (Lipinski definition) is 5. The average Bonchev–Trinajstić information content (AvgIpc) is 3.45. The summed E-state index contributed by atoms with van der Waals surface area (Å²) in [7, 11) is 0. The number of nitrogens with one attached hydrogen (secondary N) is 2. The Bertz CT molecular complexity index is 1300. The number of aromatic amines is 1. The number of H-pyrrole nitrogens is 1. The van der Waals surface area contributed by atoms with Crippen LogP contribution in [0.4, 0.5) is 5.82 Å². The quantitative estimate of drug-likeness (QED) is 0.451. The molecular formula is C23H21N7. The molecule has 0 spiro atoms. The zero-order chi connectivity index (χ0) is 20.5. The first-order chi connectivity index (χ1) is 14.7. The van der Waals surface area contributed by atoms with Crippen LogP contribution >= 0.6 is 0 Å². The summed E-state index contributed by atoms with van der Waals surface area (Å²) >= 11 is 0. The Labute approximate surface area is 173 Å². The minimum atomic E-state index is 0.0570. The lowest BCUT2D eigenvalue weighted by atomic mass is 10.1. The van der Waals surface area contributed by atoms with Crippen molar-refractivity contribution in [2.45, 2.75) is 19.9 Å². The summed E-state index contributed by atoms with van der Waals surface area (Å²) in [5.41, 5.74) is 5.15. The van der Waals surface area contributed by atoms with Gasteiger partial charge in [0.05, 0.1) is 29.8 Å². The Morgan fingerprint density at radius 1 is 1.03 bits per heavy atom. The maximum Gasteiger partial charge on any atom is 0.130 e. The Hall–Kier alpha value is -4.00. The summed E-state index contributed by atoms with van der Waals surface area (Å²) in [5.74, 6) is 1.52. The molecule has 0 bridgehead atoms. The number of aromatic nitrogens is 6. The second-order valence-electron chi connectivity index (χ2n) is 7.27. The van der Waals surface area contributed by atoms with Gasteiger partial charge in [-0.15, -0.1) is 5.10 Å². The van der Waals surface area contributed by atoms with Crippen LogP contribution in [0.3, 0.4) is 0 Å². The zero-order valence-electron chi connectivity index (χ0n) is 16.7. The van der Waals surface area contributed by atoms with Gasteiger partial charge in [-0.25, -0.2) is 14.6 Å². The molecule has 7 heteroatoms. The van der Waals surface area contributed by atoms with Crippen LogP contribution in [0.1, 0.15) is 24.4 Å². The number of nitrogens with zero attached hydrogens (tertiary/aromatic N) is 5. The molecule has 5 aromatic rings. The predicted molar refractivity (Wildman–Crippen MR) is 117 cm³/mol. The smallest absolute Gasteiger partial charge is 0.130 e. The van der Waals surface area contributed by atoms with Gasteiger partial charge in [-0.3, -0.25) is 0 Å². The molecule has 0 aliphatic heterocycles. The second kappa shape index (κ2) is 7.44. The van der Waals surface area contributed by atoms with Crippen LogP contribution in [-0.2, 0) is 0 Å². The molecule has 148 valence electrons. The van der Waals surface area contributed by atoms with Crippen LogP contribution in [0, 0.1) is 6.92 Å². The van der Waals surface area contributed by atoms with Gasteiger partial charge < -0.3 is 10.3 Å². The molecule has 0 saturated heterocycles. The molecule has 0 fully saturated rings. The van der Waals surface area contributed by atoms with Crippen molar-refractivity contribution in [2.75, 3.05) is 5.32 Å². The number of hydrogen-bond donors (Lipinski definition) is 2. The Balaban J connectivity index is 1.43. The fourth-order valence-corrected chi connectivity index (χ4v) is 3.58. The highest BCUT2D eigenvalue weighted by molar-refractivity contribution is 5.84. The van der Waals surface area contributed by atoms with Crippen LogP contribution in [0.15, 0.2) is 73.2 Å². The summed E-state index contributed by atoms with van der Waals surface area (Å²) in [6, 6.07) is 18.6. The van der Waals surface area contributed by atoms with Crippen molar-refractivity contribution in [3.8, 4) is 16.9 Å². The van der Waals surface area contributed by atoms with Gasteiger partial charge in [-0.2, -0.15) is 0 Å². The fraction of sp³-hybridized carbons (Fsp3) is 0.130. The number of rotatable bonds is 5. The highest BCUT2D eigenvalue weighted by Crippen LogP contribution is 2.26. The second-order valence-corrected chi connectivity index (χ2v) is 7.27. The summed E-state index contributed by atoms with van der Waals surface area (Å²) in [5, 5.41) is 12.6. The summed E-state index contributed by atoms with van der Waals surface area (Å²) in [6.45, 7) is 4.03. The lowest BCUT2D eigenvalue weighted by molar-refractivity contribution is 0.796. The van der Waals surface area contributed by atoms with E-state index in [1.54, 1.807) is 10.9 Å². The van der Waals surface area contributed by atoms with Crippen LogP contribution in [0.25, 0.3) is 27.8 Å². The third-order valence-corrected chi connectivity index (χ3v) is 5.11. The molecule has 3 heterocycles. The predicted octanol–water partition coefficient (Wildman–Crippen LogP) is 4.69. The molecular weight excluding hydrogens is 374 g/mol. The van der Waals surface area contributed by atoms with E-state index in [4.69, 9.17) is 0 Å². The molecule has 0 amide bonds. The van der Waals surface area contributed by atoms with Crippen LogP contribution in [0.5, 0.6) is 0 Å². The molecule has 2 aromatic carbocycles. The standard InChI is InChI=1S/C23H21N7/c1-15(18-4-3-5-20(12-18)30-11-10-25-29-30)26-23-14-22(27-16(2)28-23)19-7-6-17-8-9-24-21(17)13-19/h3-15,24H,1-2H3,(H,26,27,28). The van der Waals surface area contributed by atoms with Crippen molar-refractivity contribution in [1.29, 1.82) is 0 Å². The number of fused-ring (bicyclic) bond motifs is 1. The van der Waals surface area contributed by atoms with Gasteiger partial charge in [0.25, 0.3) is 0 Å². The maximum absolute atomic E-state index is 4.64. The van der Waals surface area contributed by atoms with E-state index in [-0.39, 0.29) is 6.04 Å². The first-order valence-electron chi connectivity index (χ1n) is 9.82. The third-order valence-electron chi connectivity index (χ3n) is 5.11. The minimum Gasteiger partial charge on any atom is -0.363 e. The van der Waals surface area contributed by atoms with Crippen LogP contribution < -0.4 is 5.32 Å². The fourth-order valence-electron chi connectivity index (χ4n) is 3.58. The van der Waals surface area contributed by atoms with Gasteiger partial charge in [0.15, 0.2) is 0 Å². The van der Waals surface area contributed by atoms with Crippen molar-refractivity contribution in [2.24, 2.45) is 0 Å². The van der Waals surface area contributed by atoms with Crippen molar-refractivity contribution in [3.05, 3.63) is 84.6 Å². The number of anilines is 1. The molecule has 7 nitrogen and oxygen atoms in total. The Kier molecular flexibility index (Phi) is 4.48. The Morgan fingerprint density at radius 2 is 1.97 bits per heavy atom. The van der Waals surface area contributed by atoms with Crippen molar-refractivity contribution in [3.63, 3.8) is 0 Å². The summed E-state index contributed by atoms with van der Waals surface area (Å²) in [6.07, 6.45) is 5.45. The third kappa shape index (κ3) is 3.53. The van der Waals surface area contributed by atoms with E-state index in [2.05, 4.69) is 73.9 Å². The normalized spacial score (nSPS) is 12.2. The highest BCUT2D eigenvalue weighted by atomic mass is 15.4. The van der Waals surface area contributed by atoms with Crippen molar-refractivity contribution in [1.82, 2.24) is 29.9 Å². The molecule has 2 N–H and O–H groups in total.